The molecule has 2 aromatic carbocycles. The topological polar surface area (TPSA) is 73.2 Å². The van der Waals surface area contributed by atoms with Crippen LogP contribution in [0.2, 0.25) is 0 Å². The van der Waals surface area contributed by atoms with Gasteiger partial charge in [0.2, 0.25) is 0 Å². The van der Waals surface area contributed by atoms with E-state index in [1.807, 2.05) is 30.3 Å². The molecule has 0 saturated heterocycles. The summed E-state index contributed by atoms with van der Waals surface area (Å²) < 4.78 is 33.4. The number of amides is 1. The first kappa shape index (κ1) is 20.7. The van der Waals surface area contributed by atoms with E-state index in [9.17, 15) is 18.4 Å². The van der Waals surface area contributed by atoms with Crippen LogP contribution in [0.1, 0.15) is 46.2 Å². The Kier molecular flexibility index (Phi) is 5.79. The number of benzene rings is 2. The molecule has 1 aliphatic carbocycles. The number of ether oxygens (including phenoxy) is 1. The third-order valence-corrected chi connectivity index (χ3v) is 5.40. The van der Waals surface area contributed by atoms with Gasteiger partial charge in [0.05, 0.1) is 25.3 Å². The molecule has 6 nitrogen and oxygen atoms in total. The molecule has 0 radical (unpaired) electrons. The maximum absolute atomic E-state index is 13.8. The number of nitrogens with zero attached hydrogens (tertiary/aromatic N) is 2. The van der Waals surface area contributed by atoms with E-state index in [0.29, 0.717) is 18.5 Å². The van der Waals surface area contributed by atoms with Crippen molar-refractivity contribution >= 4 is 11.9 Å². The van der Waals surface area contributed by atoms with Gasteiger partial charge in [-0.1, -0.05) is 30.3 Å². The molecule has 0 bridgehead atoms. The van der Waals surface area contributed by atoms with Crippen LogP contribution in [-0.2, 0) is 22.4 Å². The summed E-state index contributed by atoms with van der Waals surface area (Å²) in [5, 5.41) is 7.30. The number of fused-ring (bicyclic) bond motifs is 1. The second kappa shape index (κ2) is 8.67. The number of methoxy groups -OCH3 is 1. The largest absolute Gasteiger partial charge is 0.469 e. The number of carbonyl (C=O) groups is 2. The van der Waals surface area contributed by atoms with E-state index in [1.54, 1.807) is 0 Å². The zero-order chi connectivity index (χ0) is 22.0. The minimum Gasteiger partial charge on any atom is -0.469 e. The summed E-state index contributed by atoms with van der Waals surface area (Å²) >= 11 is 0. The number of hydrogen-bond acceptors (Lipinski definition) is 4. The van der Waals surface area contributed by atoms with E-state index in [1.165, 1.54) is 17.9 Å². The summed E-state index contributed by atoms with van der Waals surface area (Å²) in [7, 11) is 1.29. The molecule has 0 fully saturated rings. The zero-order valence-corrected chi connectivity index (χ0v) is 16.9. The fraction of sp³-hybridized carbons (Fsp3) is 0.261. The number of halogens is 2. The fourth-order valence-corrected chi connectivity index (χ4v) is 3.86. The van der Waals surface area contributed by atoms with Crippen molar-refractivity contribution in [2.24, 2.45) is 0 Å². The number of carbonyl (C=O) groups excluding carboxylic acids is 2. The van der Waals surface area contributed by atoms with Crippen LogP contribution in [0.5, 0.6) is 0 Å². The van der Waals surface area contributed by atoms with Crippen molar-refractivity contribution in [3.05, 3.63) is 82.7 Å². The molecule has 1 heterocycles. The van der Waals surface area contributed by atoms with Crippen molar-refractivity contribution in [1.82, 2.24) is 15.1 Å². The first-order valence-corrected chi connectivity index (χ1v) is 9.96. The predicted octanol–water partition coefficient (Wildman–Crippen LogP) is 3.67. The Labute approximate surface area is 177 Å². The molecule has 4 rings (SSSR count). The number of rotatable bonds is 6. The first-order valence-electron chi connectivity index (χ1n) is 9.96. The lowest BCUT2D eigenvalue weighted by molar-refractivity contribution is -0.141. The molecule has 1 aromatic heterocycles. The Bertz CT molecular complexity index is 1130. The Morgan fingerprint density at radius 2 is 1.90 bits per heavy atom. The Hall–Kier alpha value is -3.55. The van der Waals surface area contributed by atoms with Gasteiger partial charge < -0.3 is 10.1 Å². The SMILES string of the molecule is COC(=O)CC(NC(=O)c1nn(-c2ccc(F)c(F)c2)c2c1CCC2)c1ccccc1. The van der Waals surface area contributed by atoms with Gasteiger partial charge in [-0.25, -0.2) is 13.5 Å². The molecule has 31 heavy (non-hydrogen) atoms. The van der Waals surface area contributed by atoms with Crippen LogP contribution in [0.4, 0.5) is 8.78 Å². The highest BCUT2D eigenvalue weighted by atomic mass is 19.2. The van der Waals surface area contributed by atoms with Gasteiger partial charge in [0.15, 0.2) is 17.3 Å². The lowest BCUT2D eigenvalue weighted by Crippen LogP contribution is -2.31. The summed E-state index contributed by atoms with van der Waals surface area (Å²) in [6.45, 7) is 0. The van der Waals surface area contributed by atoms with E-state index >= 15 is 0 Å². The monoisotopic (exact) mass is 425 g/mol. The maximum Gasteiger partial charge on any atom is 0.307 e. The number of aromatic nitrogens is 2. The third-order valence-electron chi connectivity index (χ3n) is 5.40. The Morgan fingerprint density at radius 3 is 2.61 bits per heavy atom. The lowest BCUT2D eigenvalue weighted by Gasteiger charge is -2.18. The molecular weight excluding hydrogens is 404 g/mol. The van der Waals surface area contributed by atoms with Crippen LogP contribution in [0.25, 0.3) is 5.69 Å². The average Bonchev–Trinajstić information content (AvgIpc) is 3.38. The van der Waals surface area contributed by atoms with Crippen molar-refractivity contribution < 1.29 is 23.1 Å². The van der Waals surface area contributed by atoms with E-state index in [2.05, 4.69) is 10.4 Å². The van der Waals surface area contributed by atoms with Crippen LogP contribution >= 0.6 is 0 Å². The van der Waals surface area contributed by atoms with Gasteiger partial charge in [0.25, 0.3) is 5.91 Å². The standard InChI is InChI=1S/C23H21F2N3O3/c1-31-21(29)13-19(14-6-3-2-4-7-14)26-23(30)22-16-8-5-9-20(16)28(27-22)15-10-11-17(24)18(25)12-15/h2-4,6-7,10-12,19H,5,8-9,13H2,1H3,(H,26,30). The van der Waals surface area contributed by atoms with Gasteiger partial charge in [-0.15, -0.1) is 0 Å². The minimum absolute atomic E-state index is 0.0294. The van der Waals surface area contributed by atoms with Crippen LogP contribution in [0, 0.1) is 11.6 Å². The third kappa shape index (κ3) is 4.19. The summed E-state index contributed by atoms with van der Waals surface area (Å²) in [5.41, 5.74) is 2.93. The van der Waals surface area contributed by atoms with Crippen LogP contribution in [0.3, 0.4) is 0 Å². The fourth-order valence-electron chi connectivity index (χ4n) is 3.86. The number of nitrogens with one attached hydrogen (secondary N) is 1. The molecule has 1 amide bonds. The highest BCUT2D eigenvalue weighted by molar-refractivity contribution is 5.95. The molecule has 1 atom stereocenters. The summed E-state index contributed by atoms with van der Waals surface area (Å²) in [6.07, 6.45) is 2.15. The van der Waals surface area contributed by atoms with E-state index in [0.717, 1.165) is 35.4 Å². The van der Waals surface area contributed by atoms with E-state index < -0.39 is 29.6 Å². The quantitative estimate of drug-likeness (QED) is 0.612. The van der Waals surface area contributed by atoms with Crippen molar-refractivity contribution in [3.8, 4) is 5.69 Å². The first-order chi connectivity index (χ1) is 15.0. The zero-order valence-electron chi connectivity index (χ0n) is 16.9. The molecule has 0 saturated carbocycles. The second-order valence-electron chi connectivity index (χ2n) is 7.35. The van der Waals surface area contributed by atoms with E-state index in [-0.39, 0.29) is 12.1 Å². The van der Waals surface area contributed by atoms with Crippen LogP contribution in [-0.4, -0.2) is 28.8 Å². The van der Waals surface area contributed by atoms with Gasteiger partial charge in [0, 0.05) is 17.3 Å². The van der Waals surface area contributed by atoms with Crippen molar-refractivity contribution in [1.29, 1.82) is 0 Å². The number of hydrogen-bond donors (Lipinski definition) is 1. The van der Waals surface area contributed by atoms with Crippen LogP contribution in [0.15, 0.2) is 48.5 Å². The summed E-state index contributed by atoms with van der Waals surface area (Å²) in [5.74, 6) is -2.81. The minimum atomic E-state index is -0.979. The van der Waals surface area contributed by atoms with Crippen LogP contribution < -0.4 is 5.32 Å². The highest BCUT2D eigenvalue weighted by Gasteiger charge is 2.29. The van der Waals surface area contributed by atoms with E-state index in [4.69, 9.17) is 4.74 Å². The second-order valence-corrected chi connectivity index (χ2v) is 7.35. The molecule has 1 N–H and O–H groups in total. The van der Waals surface area contributed by atoms with Gasteiger partial charge in [-0.3, -0.25) is 9.59 Å². The summed E-state index contributed by atoms with van der Waals surface area (Å²) in [4.78, 5) is 25.0. The Morgan fingerprint density at radius 1 is 1.13 bits per heavy atom. The predicted molar refractivity (Wildman–Crippen MR) is 109 cm³/mol. The molecule has 8 heteroatoms. The molecule has 160 valence electrons. The Balaban J connectivity index is 1.66. The lowest BCUT2D eigenvalue weighted by atomic mass is 10.0. The van der Waals surface area contributed by atoms with Gasteiger partial charge in [-0.05, 0) is 37.0 Å². The molecule has 1 aliphatic rings. The maximum atomic E-state index is 13.8. The molecule has 1 unspecified atom stereocenters. The number of esters is 1. The normalized spacial score (nSPS) is 13.5. The molecule has 0 spiro atoms. The smallest absolute Gasteiger partial charge is 0.307 e. The van der Waals surface area contributed by atoms with Gasteiger partial charge in [-0.2, -0.15) is 5.10 Å². The summed E-state index contributed by atoms with van der Waals surface area (Å²) in [6, 6.07) is 12.1. The van der Waals surface area contributed by atoms with Gasteiger partial charge >= 0.3 is 5.97 Å². The highest BCUT2D eigenvalue weighted by Crippen LogP contribution is 2.29. The van der Waals surface area contributed by atoms with Crippen molar-refractivity contribution in [2.45, 2.75) is 31.7 Å². The molecular formula is C23H21F2N3O3. The van der Waals surface area contributed by atoms with Gasteiger partial charge in [0.1, 0.15) is 0 Å². The van der Waals surface area contributed by atoms with Crippen molar-refractivity contribution in [3.63, 3.8) is 0 Å². The molecule has 0 aliphatic heterocycles. The molecule has 3 aromatic rings. The van der Waals surface area contributed by atoms with Crippen molar-refractivity contribution in [2.75, 3.05) is 7.11 Å². The average molecular weight is 425 g/mol.